The van der Waals surface area contributed by atoms with E-state index in [9.17, 15) is 0 Å². The highest BCUT2D eigenvalue weighted by atomic mass is 16.5. The summed E-state index contributed by atoms with van der Waals surface area (Å²) in [4.78, 5) is 8.58. The molecular formula is C27H27N3O. The molecule has 31 heavy (non-hydrogen) atoms. The first-order valence-electron chi connectivity index (χ1n) is 10.9. The molecule has 5 aromatic rings. The third-order valence-electron chi connectivity index (χ3n) is 6.14. The number of ether oxygens (including phenoxy) is 1. The second-order valence-corrected chi connectivity index (χ2v) is 8.10. The van der Waals surface area contributed by atoms with Crippen molar-refractivity contribution in [2.24, 2.45) is 5.73 Å². The van der Waals surface area contributed by atoms with Gasteiger partial charge in [0.2, 0.25) is 0 Å². The van der Waals surface area contributed by atoms with E-state index in [1.165, 1.54) is 32.9 Å². The summed E-state index contributed by atoms with van der Waals surface area (Å²) in [6, 6.07) is 21.4. The minimum absolute atomic E-state index is 0.718. The zero-order valence-corrected chi connectivity index (χ0v) is 18.0. The summed E-state index contributed by atoms with van der Waals surface area (Å²) in [7, 11) is 1.70. The molecule has 0 atom stereocenters. The van der Waals surface area contributed by atoms with E-state index >= 15 is 0 Å². The van der Waals surface area contributed by atoms with E-state index < -0.39 is 0 Å². The van der Waals surface area contributed by atoms with Gasteiger partial charge in [0.25, 0.3) is 0 Å². The van der Waals surface area contributed by atoms with E-state index in [2.05, 4.69) is 59.6 Å². The highest BCUT2D eigenvalue weighted by Crippen LogP contribution is 2.39. The van der Waals surface area contributed by atoms with Crippen LogP contribution < -0.4 is 10.5 Å². The number of nitrogens with zero attached hydrogens (tertiary/aromatic N) is 1. The number of nitrogens with two attached hydrogens (primary N) is 1. The Bertz CT molecular complexity index is 1400. The van der Waals surface area contributed by atoms with Crippen LogP contribution in [-0.4, -0.2) is 23.6 Å². The van der Waals surface area contributed by atoms with E-state index in [4.69, 9.17) is 15.5 Å². The van der Waals surface area contributed by atoms with Crippen LogP contribution in [0.1, 0.15) is 24.1 Å². The number of methoxy groups -OCH3 is 1. The van der Waals surface area contributed by atoms with Gasteiger partial charge in [-0.3, -0.25) is 0 Å². The maximum atomic E-state index is 5.79. The molecule has 0 spiro atoms. The number of aryl methyl sites for hydroxylation is 2. The number of aromatic amines is 1. The van der Waals surface area contributed by atoms with Crippen molar-refractivity contribution in [2.75, 3.05) is 13.7 Å². The topological polar surface area (TPSA) is 63.9 Å². The van der Waals surface area contributed by atoms with Gasteiger partial charge in [0, 0.05) is 27.4 Å². The van der Waals surface area contributed by atoms with Crippen molar-refractivity contribution in [3.8, 4) is 17.0 Å². The van der Waals surface area contributed by atoms with Crippen molar-refractivity contribution >= 4 is 32.6 Å². The zero-order valence-electron chi connectivity index (χ0n) is 18.0. The van der Waals surface area contributed by atoms with Crippen LogP contribution in [0.4, 0.5) is 0 Å². The predicted octanol–water partition coefficient (Wildman–Crippen LogP) is 6.13. The summed E-state index contributed by atoms with van der Waals surface area (Å²) in [6.07, 6.45) is 3.07. The molecule has 2 heterocycles. The molecule has 0 amide bonds. The highest BCUT2D eigenvalue weighted by Gasteiger charge is 2.18. The van der Waals surface area contributed by atoms with E-state index in [-0.39, 0.29) is 0 Å². The van der Waals surface area contributed by atoms with Gasteiger partial charge in [-0.15, -0.1) is 0 Å². The lowest BCUT2D eigenvalue weighted by molar-refractivity contribution is 0.419. The predicted molar refractivity (Wildman–Crippen MR) is 130 cm³/mol. The van der Waals surface area contributed by atoms with Gasteiger partial charge < -0.3 is 15.5 Å². The van der Waals surface area contributed by atoms with Crippen molar-refractivity contribution in [1.29, 1.82) is 0 Å². The third kappa shape index (κ3) is 3.33. The highest BCUT2D eigenvalue weighted by molar-refractivity contribution is 6.10. The SMILES string of the molecule is COc1ccc(-c2[nH]c3c(ccc4ccccc43)c2CCCCN)c2ccc(C)nc12. The monoisotopic (exact) mass is 409 g/mol. The van der Waals surface area contributed by atoms with Crippen LogP contribution in [0.3, 0.4) is 0 Å². The first kappa shape index (κ1) is 19.6. The second-order valence-electron chi connectivity index (χ2n) is 8.10. The lowest BCUT2D eigenvalue weighted by Gasteiger charge is -2.12. The number of aromatic nitrogens is 2. The van der Waals surface area contributed by atoms with E-state index in [1.54, 1.807) is 7.11 Å². The Morgan fingerprint density at radius 2 is 1.74 bits per heavy atom. The number of unbranched alkanes of at least 4 members (excludes halogenated alkanes) is 1. The Morgan fingerprint density at radius 3 is 2.58 bits per heavy atom. The maximum absolute atomic E-state index is 5.79. The van der Waals surface area contributed by atoms with Crippen LogP contribution in [0.2, 0.25) is 0 Å². The van der Waals surface area contributed by atoms with Gasteiger partial charge in [-0.25, -0.2) is 4.98 Å². The Kier molecular flexibility index (Phi) is 5.08. The number of hydrogen-bond acceptors (Lipinski definition) is 3. The minimum atomic E-state index is 0.718. The molecule has 0 unspecified atom stereocenters. The molecule has 0 aliphatic carbocycles. The van der Waals surface area contributed by atoms with Gasteiger partial charge in [-0.2, -0.15) is 0 Å². The molecule has 0 radical (unpaired) electrons. The number of rotatable bonds is 6. The van der Waals surface area contributed by atoms with Gasteiger partial charge in [0.15, 0.2) is 0 Å². The molecule has 3 aromatic carbocycles. The van der Waals surface area contributed by atoms with E-state index in [1.807, 2.05) is 13.0 Å². The number of H-pyrrole nitrogens is 1. The standard InChI is InChI=1S/C27H27N3O/c1-17-10-12-23-22(14-15-24(31-2)27(23)29-17)26-20(9-5-6-16-28)21-13-11-18-7-3-4-8-19(18)25(21)30-26/h3-4,7-8,10-15,30H,5-6,9,16,28H2,1-2H3. The van der Waals surface area contributed by atoms with Gasteiger partial charge in [0.1, 0.15) is 11.3 Å². The number of pyridine rings is 1. The summed E-state index contributed by atoms with van der Waals surface area (Å²) < 4.78 is 5.61. The molecule has 4 nitrogen and oxygen atoms in total. The molecule has 2 aromatic heterocycles. The summed E-state index contributed by atoms with van der Waals surface area (Å²) in [6.45, 7) is 2.73. The van der Waals surface area contributed by atoms with Crippen LogP contribution in [0.5, 0.6) is 5.75 Å². The molecule has 3 N–H and O–H groups in total. The van der Waals surface area contributed by atoms with Crippen molar-refractivity contribution in [3.63, 3.8) is 0 Å². The lowest BCUT2D eigenvalue weighted by atomic mass is 9.96. The average molecular weight is 410 g/mol. The average Bonchev–Trinajstić information content (AvgIpc) is 3.17. The molecule has 0 aliphatic heterocycles. The van der Waals surface area contributed by atoms with Crippen LogP contribution in [0.25, 0.3) is 43.8 Å². The van der Waals surface area contributed by atoms with Crippen molar-refractivity contribution in [2.45, 2.75) is 26.2 Å². The Hall–Kier alpha value is -3.37. The normalized spacial score (nSPS) is 11.6. The van der Waals surface area contributed by atoms with Crippen LogP contribution >= 0.6 is 0 Å². The second kappa shape index (κ2) is 8.05. The largest absolute Gasteiger partial charge is 0.494 e. The number of benzene rings is 3. The fourth-order valence-electron chi connectivity index (χ4n) is 4.60. The molecule has 0 saturated heterocycles. The van der Waals surface area contributed by atoms with Gasteiger partial charge in [-0.1, -0.05) is 42.5 Å². The fourth-order valence-corrected chi connectivity index (χ4v) is 4.60. The molecular weight excluding hydrogens is 382 g/mol. The number of nitrogens with one attached hydrogen (secondary N) is 1. The molecule has 0 bridgehead atoms. The third-order valence-corrected chi connectivity index (χ3v) is 6.14. The van der Waals surface area contributed by atoms with Gasteiger partial charge in [-0.05, 0) is 61.9 Å². The first-order chi connectivity index (χ1) is 15.2. The fraction of sp³-hybridized carbons (Fsp3) is 0.222. The van der Waals surface area contributed by atoms with E-state index in [0.717, 1.165) is 53.7 Å². The van der Waals surface area contributed by atoms with Crippen LogP contribution in [0.15, 0.2) is 60.7 Å². The molecule has 4 heteroatoms. The van der Waals surface area contributed by atoms with E-state index in [0.29, 0.717) is 0 Å². The Morgan fingerprint density at radius 1 is 0.903 bits per heavy atom. The first-order valence-corrected chi connectivity index (χ1v) is 10.9. The quantitative estimate of drug-likeness (QED) is 0.331. The minimum Gasteiger partial charge on any atom is -0.494 e. The molecule has 5 rings (SSSR count). The van der Waals surface area contributed by atoms with Crippen molar-refractivity contribution in [1.82, 2.24) is 9.97 Å². The van der Waals surface area contributed by atoms with Crippen LogP contribution in [0, 0.1) is 6.92 Å². The maximum Gasteiger partial charge on any atom is 0.145 e. The van der Waals surface area contributed by atoms with Crippen molar-refractivity contribution < 1.29 is 4.74 Å². The van der Waals surface area contributed by atoms with Crippen LogP contribution in [-0.2, 0) is 6.42 Å². The number of hydrogen-bond donors (Lipinski definition) is 2. The summed E-state index contributed by atoms with van der Waals surface area (Å²) in [5.41, 5.74) is 12.5. The molecule has 0 saturated carbocycles. The lowest BCUT2D eigenvalue weighted by Crippen LogP contribution is -1.99. The molecule has 0 fully saturated rings. The zero-order chi connectivity index (χ0) is 21.4. The Labute approximate surface area is 182 Å². The summed E-state index contributed by atoms with van der Waals surface area (Å²) >= 11 is 0. The smallest absolute Gasteiger partial charge is 0.145 e. The molecule has 0 aliphatic rings. The van der Waals surface area contributed by atoms with Crippen molar-refractivity contribution in [3.05, 3.63) is 71.9 Å². The summed E-state index contributed by atoms with van der Waals surface area (Å²) in [5.74, 6) is 0.800. The Balaban J connectivity index is 1.81. The molecule has 156 valence electrons. The van der Waals surface area contributed by atoms with Gasteiger partial charge in [0.05, 0.1) is 18.3 Å². The number of fused-ring (bicyclic) bond motifs is 4. The van der Waals surface area contributed by atoms with Gasteiger partial charge >= 0.3 is 0 Å². The summed E-state index contributed by atoms with van der Waals surface area (Å²) in [5, 5.41) is 4.88.